The van der Waals surface area contributed by atoms with Crippen molar-refractivity contribution in [2.24, 2.45) is 0 Å². The molecule has 1 aromatic heterocycles. The monoisotopic (exact) mass is 355 g/mol. The summed E-state index contributed by atoms with van der Waals surface area (Å²) >= 11 is 0. The summed E-state index contributed by atoms with van der Waals surface area (Å²) < 4.78 is 22.0. The van der Waals surface area contributed by atoms with Crippen molar-refractivity contribution in [1.29, 1.82) is 0 Å². The average Bonchev–Trinajstić information content (AvgIpc) is 2.97. The highest BCUT2D eigenvalue weighted by Gasteiger charge is 2.35. The predicted molar refractivity (Wildman–Crippen MR) is 103 cm³/mol. The minimum Gasteiger partial charge on any atom is -0.388 e. The Hall–Kier alpha value is -1.91. The van der Waals surface area contributed by atoms with Gasteiger partial charge in [0.25, 0.3) is 0 Å². The molecule has 4 heteroatoms. The number of hydrogen-bond acceptors (Lipinski definition) is 2. The van der Waals surface area contributed by atoms with Crippen molar-refractivity contribution in [1.82, 2.24) is 4.57 Å². The van der Waals surface area contributed by atoms with Gasteiger partial charge in [0.2, 0.25) is 0 Å². The molecule has 3 aromatic rings. The fourth-order valence-electron chi connectivity index (χ4n) is 4.29. The Morgan fingerprint density at radius 2 is 1.92 bits per heavy atom. The fourth-order valence-corrected chi connectivity index (χ4v) is 4.29. The molecule has 1 aliphatic rings. The minimum atomic E-state index is -0.551. The topological polar surface area (TPSA) is 34.4 Å². The number of unbranched alkanes of at least 4 members (excludes halogenated alkanes) is 1. The van der Waals surface area contributed by atoms with Crippen LogP contribution in [0, 0.1) is 5.82 Å². The van der Waals surface area contributed by atoms with Crippen molar-refractivity contribution in [2.75, 3.05) is 6.61 Å². The van der Waals surface area contributed by atoms with Crippen LogP contribution in [0.2, 0.25) is 0 Å². The van der Waals surface area contributed by atoms with Gasteiger partial charge in [0.15, 0.2) is 0 Å². The molecule has 1 aliphatic carbocycles. The second-order valence-electron chi connectivity index (χ2n) is 7.30. The number of aliphatic hydroxyl groups is 1. The molecule has 0 unspecified atom stereocenters. The highest BCUT2D eigenvalue weighted by Crippen LogP contribution is 2.38. The van der Waals surface area contributed by atoms with Gasteiger partial charge in [-0.2, -0.15) is 0 Å². The first-order chi connectivity index (χ1) is 12.7. The van der Waals surface area contributed by atoms with E-state index in [9.17, 15) is 9.50 Å². The Bertz CT molecular complexity index is 904. The Kier molecular flexibility index (Phi) is 4.96. The third-order valence-electron chi connectivity index (χ3n) is 5.60. The van der Waals surface area contributed by atoms with E-state index in [2.05, 4.69) is 17.6 Å². The summed E-state index contributed by atoms with van der Waals surface area (Å²) in [7, 11) is 0. The lowest BCUT2D eigenvalue weighted by atomic mass is 9.89. The third-order valence-corrected chi connectivity index (χ3v) is 5.60. The largest absolute Gasteiger partial charge is 0.388 e. The molecular formula is C22H26FNO2. The number of hydrogen-bond donors (Lipinski definition) is 1. The summed E-state index contributed by atoms with van der Waals surface area (Å²) in [6.45, 7) is 2.84. The van der Waals surface area contributed by atoms with Crippen molar-refractivity contribution in [3.63, 3.8) is 0 Å². The Morgan fingerprint density at radius 3 is 2.77 bits per heavy atom. The zero-order valence-corrected chi connectivity index (χ0v) is 15.2. The Labute approximate surface area is 153 Å². The van der Waals surface area contributed by atoms with Crippen LogP contribution in [0.15, 0.2) is 42.5 Å². The van der Waals surface area contributed by atoms with Crippen molar-refractivity contribution in [3.8, 4) is 0 Å². The lowest BCUT2D eigenvalue weighted by molar-refractivity contribution is -0.0796. The molecule has 26 heavy (non-hydrogen) atoms. The van der Waals surface area contributed by atoms with Crippen LogP contribution in [0.25, 0.3) is 21.8 Å². The molecule has 0 aliphatic heterocycles. The van der Waals surface area contributed by atoms with Crippen LogP contribution in [0.1, 0.15) is 45.1 Å². The number of benzene rings is 2. The molecule has 1 N–H and O–H groups in total. The summed E-state index contributed by atoms with van der Waals surface area (Å²) in [6, 6.07) is 12.9. The summed E-state index contributed by atoms with van der Waals surface area (Å²) in [5.74, 6) is -0.231. The van der Waals surface area contributed by atoms with Crippen LogP contribution in [0.3, 0.4) is 0 Å². The number of fused-ring (bicyclic) bond motifs is 3. The SMILES string of the molecule is CCCCO[C@@H]1CCC[C@@H](n2c3ccccc3c3cc(F)ccc32)[C@@H]1O. The molecule has 3 atom stereocenters. The number of rotatable bonds is 5. The molecule has 138 valence electrons. The lowest BCUT2D eigenvalue weighted by Gasteiger charge is -2.36. The maximum atomic E-state index is 13.8. The normalized spacial score (nSPS) is 23.7. The number of halogens is 1. The zero-order chi connectivity index (χ0) is 18.1. The van der Waals surface area contributed by atoms with Gasteiger partial charge in [-0.05, 0) is 49.9 Å². The van der Waals surface area contributed by atoms with Gasteiger partial charge < -0.3 is 14.4 Å². The molecule has 4 rings (SSSR count). The molecule has 0 saturated heterocycles. The van der Waals surface area contributed by atoms with Crippen LogP contribution in [-0.2, 0) is 4.74 Å². The molecule has 2 aromatic carbocycles. The predicted octanol–water partition coefficient (Wildman–Crippen LogP) is 5.20. The van der Waals surface area contributed by atoms with Crippen LogP contribution in [0.4, 0.5) is 4.39 Å². The van der Waals surface area contributed by atoms with E-state index in [-0.39, 0.29) is 18.0 Å². The zero-order valence-electron chi connectivity index (χ0n) is 15.2. The van der Waals surface area contributed by atoms with E-state index in [4.69, 9.17) is 4.74 Å². The minimum absolute atomic E-state index is 0.0526. The number of para-hydroxylation sites is 1. The maximum absolute atomic E-state index is 13.8. The highest BCUT2D eigenvalue weighted by molar-refractivity contribution is 6.08. The van der Waals surface area contributed by atoms with Gasteiger partial charge in [0, 0.05) is 28.4 Å². The summed E-state index contributed by atoms with van der Waals surface area (Å²) in [4.78, 5) is 0. The summed E-state index contributed by atoms with van der Waals surface area (Å²) in [5, 5.41) is 13.0. The molecule has 1 saturated carbocycles. The summed E-state index contributed by atoms with van der Waals surface area (Å²) in [6.07, 6.45) is 4.25. The third kappa shape index (κ3) is 3.01. The Balaban J connectivity index is 1.77. The van der Waals surface area contributed by atoms with Gasteiger partial charge in [-0.15, -0.1) is 0 Å². The smallest absolute Gasteiger partial charge is 0.123 e. The standard InChI is InChI=1S/C22H26FNO2/c1-2-3-13-26-21-10-6-9-20(22(21)25)24-18-8-5-4-7-16(18)17-14-15(23)11-12-19(17)24/h4-5,7-8,11-12,14,20-22,25H,2-3,6,9-10,13H2,1H3/t20-,21-,22+/m1/s1. The van der Waals surface area contributed by atoms with Gasteiger partial charge in [-0.1, -0.05) is 31.5 Å². The number of aromatic nitrogens is 1. The average molecular weight is 355 g/mol. The molecule has 1 fully saturated rings. The maximum Gasteiger partial charge on any atom is 0.123 e. The van der Waals surface area contributed by atoms with E-state index in [0.29, 0.717) is 6.61 Å². The second kappa shape index (κ2) is 7.37. The van der Waals surface area contributed by atoms with E-state index < -0.39 is 6.10 Å². The highest BCUT2D eigenvalue weighted by atomic mass is 19.1. The fraction of sp³-hybridized carbons (Fsp3) is 0.455. The lowest BCUT2D eigenvalue weighted by Crippen LogP contribution is -2.40. The van der Waals surface area contributed by atoms with Crippen LogP contribution in [-0.4, -0.2) is 28.5 Å². The van der Waals surface area contributed by atoms with Crippen molar-refractivity contribution in [2.45, 2.75) is 57.3 Å². The number of ether oxygens (including phenoxy) is 1. The molecule has 0 amide bonds. The summed E-state index contributed by atoms with van der Waals surface area (Å²) in [5.41, 5.74) is 2.03. The van der Waals surface area contributed by atoms with Gasteiger partial charge in [0.1, 0.15) is 11.9 Å². The first kappa shape index (κ1) is 17.5. The van der Waals surface area contributed by atoms with E-state index in [1.807, 2.05) is 24.3 Å². The molecule has 3 nitrogen and oxygen atoms in total. The first-order valence-electron chi connectivity index (χ1n) is 9.68. The van der Waals surface area contributed by atoms with Crippen LogP contribution < -0.4 is 0 Å². The van der Waals surface area contributed by atoms with Crippen molar-refractivity contribution >= 4 is 21.8 Å². The molecule has 0 spiro atoms. The van der Waals surface area contributed by atoms with Gasteiger partial charge in [-0.3, -0.25) is 0 Å². The van der Waals surface area contributed by atoms with Crippen molar-refractivity contribution in [3.05, 3.63) is 48.3 Å². The van der Waals surface area contributed by atoms with Crippen LogP contribution in [0.5, 0.6) is 0 Å². The van der Waals surface area contributed by atoms with E-state index >= 15 is 0 Å². The molecule has 0 radical (unpaired) electrons. The molecule has 0 bridgehead atoms. The number of aliphatic hydroxyl groups excluding tert-OH is 1. The Morgan fingerprint density at radius 1 is 1.12 bits per heavy atom. The molecule has 1 heterocycles. The van der Waals surface area contributed by atoms with Gasteiger partial charge in [0.05, 0.1) is 12.1 Å². The van der Waals surface area contributed by atoms with E-state index in [0.717, 1.165) is 53.9 Å². The van der Waals surface area contributed by atoms with E-state index in [1.54, 1.807) is 6.07 Å². The number of nitrogens with zero attached hydrogens (tertiary/aromatic N) is 1. The second-order valence-corrected chi connectivity index (χ2v) is 7.30. The van der Waals surface area contributed by atoms with Gasteiger partial charge >= 0.3 is 0 Å². The first-order valence-corrected chi connectivity index (χ1v) is 9.68. The van der Waals surface area contributed by atoms with Gasteiger partial charge in [-0.25, -0.2) is 4.39 Å². The quantitative estimate of drug-likeness (QED) is 0.638. The molecular weight excluding hydrogens is 329 g/mol. The van der Waals surface area contributed by atoms with E-state index in [1.165, 1.54) is 6.07 Å². The van der Waals surface area contributed by atoms with Crippen molar-refractivity contribution < 1.29 is 14.2 Å². The van der Waals surface area contributed by atoms with Crippen LogP contribution >= 0.6 is 0 Å².